The number of anilines is 2. The molecule has 6 rings (SSSR count). The summed E-state index contributed by atoms with van der Waals surface area (Å²) in [5.41, 5.74) is 2.03. The van der Waals surface area contributed by atoms with E-state index >= 15 is 0 Å². The maximum absolute atomic E-state index is 14.0. The van der Waals surface area contributed by atoms with Crippen LogP contribution in [0.2, 0.25) is 0 Å². The fraction of sp³-hybridized carbons (Fsp3) is 0.405. The molecule has 1 fully saturated rings. The fourth-order valence-corrected chi connectivity index (χ4v) is 6.05. The van der Waals surface area contributed by atoms with Crippen molar-refractivity contribution < 1.29 is 27.5 Å². The average Bonchev–Trinajstić information content (AvgIpc) is 3.50. The van der Waals surface area contributed by atoms with Gasteiger partial charge in [0.05, 0.1) is 18.4 Å². The van der Waals surface area contributed by atoms with E-state index in [9.17, 15) is 22.8 Å². The van der Waals surface area contributed by atoms with E-state index in [2.05, 4.69) is 37.3 Å². The van der Waals surface area contributed by atoms with Crippen molar-refractivity contribution >= 4 is 29.0 Å². The molecule has 11 nitrogen and oxygen atoms in total. The van der Waals surface area contributed by atoms with Crippen molar-refractivity contribution in [3.05, 3.63) is 82.2 Å². The first kappa shape index (κ1) is 35.7. The van der Waals surface area contributed by atoms with Gasteiger partial charge < -0.3 is 25.2 Å². The zero-order valence-electron chi connectivity index (χ0n) is 28.9. The Bertz CT molecular complexity index is 1980. The highest BCUT2D eigenvalue weighted by Gasteiger charge is 2.32. The average molecular weight is 703 g/mol. The smallest absolute Gasteiger partial charge is 0.416 e. The first-order valence-corrected chi connectivity index (χ1v) is 17.0. The molecule has 1 saturated heterocycles. The van der Waals surface area contributed by atoms with Crippen molar-refractivity contribution in [3.63, 3.8) is 0 Å². The van der Waals surface area contributed by atoms with Gasteiger partial charge in [-0.1, -0.05) is 5.92 Å². The number of piperazine rings is 1. The lowest BCUT2D eigenvalue weighted by atomic mass is 10.0. The van der Waals surface area contributed by atoms with Crippen LogP contribution in [0.3, 0.4) is 0 Å². The molecule has 4 heterocycles. The van der Waals surface area contributed by atoms with Crippen LogP contribution in [-0.4, -0.2) is 96.2 Å². The Labute approximate surface area is 294 Å². The molecule has 4 aromatic rings. The number of aromatic nitrogens is 3. The molecule has 4 bridgehead atoms. The Morgan fingerprint density at radius 2 is 1.82 bits per heavy atom. The van der Waals surface area contributed by atoms with Crippen LogP contribution in [0, 0.1) is 18.8 Å². The molecule has 0 radical (unpaired) electrons. The van der Waals surface area contributed by atoms with Gasteiger partial charge in [-0.3, -0.25) is 14.5 Å². The molecule has 2 aliphatic heterocycles. The van der Waals surface area contributed by atoms with Crippen LogP contribution >= 0.6 is 0 Å². The number of alkyl halides is 3. The van der Waals surface area contributed by atoms with Gasteiger partial charge in [0.1, 0.15) is 17.3 Å². The third-order valence-corrected chi connectivity index (χ3v) is 9.11. The summed E-state index contributed by atoms with van der Waals surface area (Å²) in [4.78, 5) is 36.9. The van der Waals surface area contributed by atoms with Crippen molar-refractivity contribution in [2.75, 3.05) is 70.2 Å². The monoisotopic (exact) mass is 702 g/mol. The van der Waals surface area contributed by atoms with Gasteiger partial charge in [-0.05, 0) is 86.3 Å². The molecule has 2 aliphatic rings. The zero-order chi connectivity index (χ0) is 36.1. The van der Waals surface area contributed by atoms with Gasteiger partial charge >= 0.3 is 6.18 Å². The van der Waals surface area contributed by atoms with Crippen molar-refractivity contribution in [3.8, 4) is 17.6 Å². The highest BCUT2D eigenvalue weighted by atomic mass is 19.4. The number of carbonyl (C=O) groups is 2. The lowest BCUT2D eigenvalue weighted by Crippen LogP contribution is -2.43. The lowest BCUT2D eigenvalue weighted by Gasteiger charge is -2.32. The molecule has 51 heavy (non-hydrogen) atoms. The number of likely N-dealkylation sites (N-methyl/N-ethyl adjacent to an activating group) is 2. The first-order valence-electron chi connectivity index (χ1n) is 17.0. The molecular weight excluding hydrogens is 661 g/mol. The number of ether oxygens (including phenoxy) is 1. The predicted octanol–water partition coefficient (Wildman–Crippen LogP) is 4.57. The van der Waals surface area contributed by atoms with E-state index in [0.29, 0.717) is 78.5 Å². The number of imidazole rings is 1. The molecule has 0 saturated carbocycles. The van der Waals surface area contributed by atoms with Gasteiger partial charge in [0.2, 0.25) is 5.91 Å². The van der Waals surface area contributed by atoms with E-state index in [1.54, 1.807) is 35.8 Å². The number of benzene rings is 2. The van der Waals surface area contributed by atoms with Crippen LogP contribution in [0.4, 0.5) is 24.7 Å². The molecule has 0 spiro atoms. The largest absolute Gasteiger partial charge is 0.494 e. The summed E-state index contributed by atoms with van der Waals surface area (Å²) in [6, 6.07) is 10.7. The van der Waals surface area contributed by atoms with Crippen LogP contribution < -0.4 is 20.3 Å². The van der Waals surface area contributed by atoms with Crippen LogP contribution in [0.25, 0.3) is 5.65 Å². The molecule has 2 amide bonds. The number of carbonyl (C=O) groups excluding carboxylic acids is 2. The second-order valence-electron chi connectivity index (χ2n) is 13.0. The highest BCUT2D eigenvalue weighted by molar-refractivity contribution is 6.06. The summed E-state index contributed by atoms with van der Waals surface area (Å²) in [6.45, 7) is 6.49. The molecule has 2 aromatic carbocycles. The van der Waals surface area contributed by atoms with Gasteiger partial charge in [0, 0.05) is 76.1 Å². The third kappa shape index (κ3) is 8.97. The maximum atomic E-state index is 14.0. The minimum atomic E-state index is -4.59. The number of hydrogen-bond acceptors (Lipinski definition) is 8. The molecule has 2 N–H and O–H groups in total. The van der Waals surface area contributed by atoms with Crippen molar-refractivity contribution in [1.29, 1.82) is 0 Å². The first-order chi connectivity index (χ1) is 24.4. The number of amides is 2. The number of hydrogen-bond donors (Lipinski definition) is 2. The summed E-state index contributed by atoms with van der Waals surface area (Å²) in [5, 5.41) is 10.4. The van der Waals surface area contributed by atoms with Crippen molar-refractivity contribution in [1.82, 2.24) is 29.7 Å². The second kappa shape index (κ2) is 15.4. The Balaban J connectivity index is 1.33. The summed E-state index contributed by atoms with van der Waals surface area (Å²) in [5.74, 6) is 6.66. The summed E-state index contributed by atoms with van der Waals surface area (Å²) in [7, 11) is 3.90. The zero-order valence-corrected chi connectivity index (χ0v) is 28.9. The van der Waals surface area contributed by atoms with Crippen LogP contribution in [-0.2, 0) is 17.5 Å². The van der Waals surface area contributed by atoms with Gasteiger partial charge in [0.15, 0.2) is 5.65 Å². The SMILES string of the molecule is Cc1c2cc(cc1C(=O)Nc1cc(CN3CCN(C)CC3)cc(C(F)(F)F)c1)OCCCCC(=O)NCCN(C)c1ccc3ncc(n3n1)C#C2. The Hall–Kier alpha value is -5.13. The van der Waals surface area contributed by atoms with E-state index in [1.807, 2.05) is 31.1 Å². The number of fused-ring (bicyclic) bond motifs is 3. The normalized spacial score (nSPS) is 16.7. The molecule has 268 valence electrons. The number of rotatable bonds is 4. The van der Waals surface area contributed by atoms with E-state index in [4.69, 9.17) is 9.84 Å². The highest BCUT2D eigenvalue weighted by Crippen LogP contribution is 2.33. The maximum Gasteiger partial charge on any atom is 0.416 e. The predicted molar refractivity (Wildman–Crippen MR) is 188 cm³/mol. The van der Waals surface area contributed by atoms with E-state index < -0.39 is 17.6 Å². The van der Waals surface area contributed by atoms with Crippen molar-refractivity contribution in [2.45, 2.75) is 38.9 Å². The van der Waals surface area contributed by atoms with Gasteiger partial charge in [-0.2, -0.15) is 13.2 Å². The van der Waals surface area contributed by atoms with E-state index in [-0.39, 0.29) is 23.8 Å². The molecule has 14 heteroatoms. The lowest BCUT2D eigenvalue weighted by molar-refractivity contribution is -0.137. The van der Waals surface area contributed by atoms with Gasteiger partial charge in [-0.15, -0.1) is 5.10 Å². The quantitative estimate of drug-likeness (QED) is 0.298. The standard InChI is InChI=1S/C37H41F3N8O3/c1-25-27-7-8-30-23-42-33-9-10-34(44-48(30)33)46(3)12-11-41-35(49)6-4-5-17-51-31(20-27)22-32(25)36(50)43-29-19-26(18-28(21-29)37(38,39)40)24-47-15-13-45(2)14-16-47/h9-10,18-23H,4-6,11-17,24H2,1-3H3,(H,41,49)(H,43,50). The Morgan fingerprint density at radius 3 is 2.61 bits per heavy atom. The molecular formula is C37H41F3N8O3. The fourth-order valence-electron chi connectivity index (χ4n) is 6.05. The van der Waals surface area contributed by atoms with Gasteiger partial charge in [-0.25, -0.2) is 9.50 Å². The summed E-state index contributed by atoms with van der Waals surface area (Å²) >= 11 is 0. The third-order valence-electron chi connectivity index (χ3n) is 9.11. The summed E-state index contributed by atoms with van der Waals surface area (Å²) < 4.78 is 49.7. The summed E-state index contributed by atoms with van der Waals surface area (Å²) in [6.07, 6.45) is -1.46. The van der Waals surface area contributed by atoms with Crippen LogP contribution in [0.1, 0.15) is 57.6 Å². The topological polar surface area (TPSA) is 107 Å². The van der Waals surface area contributed by atoms with E-state index in [0.717, 1.165) is 38.3 Å². The molecule has 0 unspecified atom stereocenters. The minimum absolute atomic E-state index is 0.0468. The number of nitrogens with one attached hydrogen (secondary N) is 2. The Kier molecular flexibility index (Phi) is 10.8. The molecule has 0 aliphatic carbocycles. The Morgan fingerprint density at radius 1 is 1.02 bits per heavy atom. The van der Waals surface area contributed by atoms with E-state index in [1.165, 1.54) is 0 Å². The van der Waals surface area contributed by atoms with Crippen LogP contribution in [0.15, 0.2) is 48.7 Å². The number of nitrogens with zero attached hydrogens (tertiary/aromatic N) is 6. The number of halogens is 3. The second-order valence-corrected chi connectivity index (χ2v) is 13.0. The molecule has 0 atom stereocenters. The minimum Gasteiger partial charge on any atom is -0.494 e. The van der Waals surface area contributed by atoms with Crippen LogP contribution in [0.5, 0.6) is 5.75 Å². The van der Waals surface area contributed by atoms with Crippen molar-refractivity contribution in [2.24, 2.45) is 0 Å². The molecule has 2 aromatic heterocycles. The van der Waals surface area contributed by atoms with Gasteiger partial charge in [0.25, 0.3) is 5.91 Å².